The van der Waals surface area contributed by atoms with Gasteiger partial charge in [0.25, 0.3) is 0 Å². The van der Waals surface area contributed by atoms with Gasteiger partial charge in [-0.15, -0.1) is 0 Å². The minimum atomic E-state index is -0.487. The van der Waals surface area contributed by atoms with Gasteiger partial charge in [0, 0.05) is 12.0 Å². The van der Waals surface area contributed by atoms with E-state index in [2.05, 4.69) is 4.98 Å². The molecule has 0 bridgehead atoms. The van der Waals surface area contributed by atoms with Crippen molar-refractivity contribution in [3.63, 3.8) is 0 Å². The molecule has 0 saturated heterocycles. The lowest BCUT2D eigenvalue weighted by Gasteiger charge is -2.07. The van der Waals surface area contributed by atoms with Crippen molar-refractivity contribution in [1.29, 1.82) is 0 Å². The Bertz CT molecular complexity index is 796. The van der Waals surface area contributed by atoms with Crippen molar-refractivity contribution in [2.45, 2.75) is 6.42 Å². The molecule has 0 aliphatic heterocycles. The third kappa shape index (κ3) is 2.84. The summed E-state index contributed by atoms with van der Waals surface area (Å²) in [7, 11) is 0. The van der Waals surface area contributed by atoms with Crippen molar-refractivity contribution in [3.05, 3.63) is 88.5 Å². The maximum Gasteiger partial charge on any atom is 0.304 e. The molecule has 4 heteroatoms. The van der Waals surface area contributed by atoms with Crippen LogP contribution in [0.1, 0.15) is 11.3 Å². The van der Waals surface area contributed by atoms with Crippen LogP contribution in [0, 0.1) is 0 Å². The Balaban J connectivity index is 2.05. The second-order valence-corrected chi connectivity index (χ2v) is 4.75. The van der Waals surface area contributed by atoms with E-state index in [0.29, 0.717) is 22.5 Å². The zero-order chi connectivity index (χ0) is 14.7. The normalized spacial score (nSPS) is 10.5. The number of aromatic nitrogens is 2. The van der Waals surface area contributed by atoms with Gasteiger partial charge in [-0.05, 0) is 5.56 Å². The van der Waals surface area contributed by atoms with E-state index in [4.69, 9.17) is 0 Å². The summed E-state index contributed by atoms with van der Waals surface area (Å²) < 4.78 is 0.605. The molecule has 0 spiro atoms. The first-order valence-electron chi connectivity index (χ1n) is 6.65. The van der Waals surface area contributed by atoms with Crippen LogP contribution in [0.5, 0.6) is 0 Å². The zero-order valence-electron chi connectivity index (χ0n) is 11.3. The molecule has 0 aliphatic rings. The summed E-state index contributed by atoms with van der Waals surface area (Å²) in [5, 5.41) is 9.78. The van der Waals surface area contributed by atoms with E-state index in [-0.39, 0.29) is 0 Å². The maximum atomic E-state index is 12.0. The Hall–Kier alpha value is -2.88. The van der Waals surface area contributed by atoms with Gasteiger partial charge in [0.1, 0.15) is 5.69 Å². The molecule has 3 aromatic rings. The van der Waals surface area contributed by atoms with Crippen LogP contribution in [0.25, 0.3) is 11.3 Å². The minimum absolute atomic E-state index is 0.324. The molecule has 21 heavy (non-hydrogen) atoms. The number of hydrogen-bond acceptors (Lipinski definition) is 3. The van der Waals surface area contributed by atoms with Crippen molar-refractivity contribution < 1.29 is 5.21 Å². The molecule has 104 valence electrons. The van der Waals surface area contributed by atoms with Crippen LogP contribution in [0.2, 0.25) is 0 Å². The van der Waals surface area contributed by atoms with Crippen molar-refractivity contribution >= 4 is 0 Å². The number of nitrogens with zero attached hydrogens (tertiary/aromatic N) is 2. The summed E-state index contributed by atoms with van der Waals surface area (Å²) in [4.78, 5) is 16.4. The summed E-state index contributed by atoms with van der Waals surface area (Å²) in [6, 6.07) is 19.1. The first-order chi connectivity index (χ1) is 10.2. The van der Waals surface area contributed by atoms with Crippen LogP contribution < -0.4 is 5.56 Å². The molecule has 0 atom stereocenters. The molecular formula is C17H14N2O2. The zero-order valence-corrected chi connectivity index (χ0v) is 11.3. The van der Waals surface area contributed by atoms with Gasteiger partial charge in [0.15, 0.2) is 0 Å². The van der Waals surface area contributed by atoms with Gasteiger partial charge in [-0.3, -0.25) is 4.79 Å². The molecular weight excluding hydrogens is 264 g/mol. The highest BCUT2D eigenvalue weighted by atomic mass is 16.5. The van der Waals surface area contributed by atoms with Crippen molar-refractivity contribution in [2.75, 3.05) is 0 Å². The first kappa shape index (κ1) is 13.1. The monoisotopic (exact) mass is 278 g/mol. The van der Waals surface area contributed by atoms with Gasteiger partial charge in [-0.25, -0.2) is 4.98 Å². The molecule has 4 nitrogen and oxygen atoms in total. The lowest BCUT2D eigenvalue weighted by Crippen LogP contribution is -2.23. The van der Waals surface area contributed by atoms with E-state index in [9.17, 15) is 10.0 Å². The highest BCUT2D eigenvalue weighted by Gasteiger charge is 2.10. The van der Waals surface area contributed by atoms with Gasteiger partial charge >= 0.3 is 5.56 Å². The van der Waals surface area contributed by atoms with E-state index in [1.54, 1.807) is 0 Å². The Morgan fingerprint density at radius 3 is 2.24 bits per heavy atom. The van der Waals surface area contributed by atoms with Crippen LogP contribution >= 0.6 is 0 Å². The van der Waals surface area contributed by atoms with E-state index < -0.39 is 5.56 Å². The van der Waals surface area contributed by atoms with Crippen molar-refractivity contribution in [2.24, 2.45) is 0 Å². The van der Waals surface area contributed by atoms with Crippen LogP contribution in [-0.2, 0) is 6.42 Å². The summed E-state index contributed by atoms with van der Waals surface area (Å²) in [5.74, 6) is 0. The van der Waals surface area contributed by atoms with Crippen LogP contribution in [-0.4, -0.2) is 14.9 Å². The molecule has 0 fully saturated rings. The molecule has 1 heterocycles. The third-order valence-corrected chi connectivity index (χ3v) is 3.24. The van der Waals surface area contributed by atoms with Crippen LogP contribution in [0.3, 0.4) is 0 Å². The van der Waals surface area contributed by atoms with Crippen LogP contribution in [0.15, 0.2) is 71.7 Å². The molecule has 0 unspecified atom stereocenters. The second kappa shape index (κ2) is 5.63. The predicted molar refractivity (Wildman–Crippen MR) is 80.4 cm³/mol. The van der Waals surface area contributed by atoms with E-state index in [1.165, 1.54) is 6.20 Å². The van der Waals surface area contributed by atoms with Crippen molar-refractivity contribution in [3.8, 4) is 11.3 Å². The molecule has 1 aromatic heterocycles. The number of hydrogen-bond donors (Lipinski definition) is 1. The average molecular weight is 278 g/mol. The largest absolute Gasteiger partial charge is 0.425 e. The highest BCUT2D eigenvalue weighted by Crippen LogP contribution is 2.15. The Morgan fingerprint density at radius 1 is 0.952 bits per heavy atom. The molecule has 0 amide bonds. The van der Waals surface area contributed by atoms with E-state index >= 15 is 0 Å². The molecule has 0 radical (unpaired) electrons. The molecule has 1 N–H and O–H groups in total. The third-order valence-electron chi connectivity index (χ3n) is 3.24. The fourth-order valence-electron chi connectivity index (χ4n) is 2.18. The summed E-state index contributed by atoms with van der Waals surface area (Å²) in [6.45, 7) is 0. The molecule has 2 aromatic carbocycles. The highest BCUT2D eigenvalue weighted by molar-refractivity contribution is 5.57. The lowest BCUT2D eigenvalue weighted by atomic mass is 10.1. The Labute approximate surface area is 121 Å². The topological polar surface area (TPSA) is 55.1 Å². The quantitative estimate of drug-likeness (QED) is 0.749. The smallest absolute Gasteiger partial charge is 0.304 e. The van der Waals surface area contributed by atoms with Gasteiger partial charge in [0.05, 0.1) is 11.9 Å². The Kier molecular flexibility index (Phi) is 3.51. The molecule has 0 saturated carbocycles. The SMILES string of the molecule is O=c1c(Cc2ccccc2)nc(-c2ccccc2)cn1O. The standard InChI is InChI=1S/C17H14N2O2/c20-17-15(11-13-7-3-1-4-8-13)18-16(12-19(17)21)14-9-5-2-6-10-14/h1-10,12,21H,11H2. The molecule has 3 rings (SSSR count). The average Bonchev–Trinajstić information content (AvgIpc) is 2.53. The van der Waals surface area contributed by atoms with E-state index in [0.717, 1.165) is 11.1 Å². The second-order valence-electron chi connectivity index (χ2n) is 4.75. The summed E-state index contributed by atoms with van der Waals surface area (Å²) in [6.07, 6.45) is 1.73. The van der Waals surface area contributed by atoms with Gasteiger partial charge < -0.3 is 5.21 Å². The van der Waals surface area contributed by atoms with Gasteiger partial charge in [0.2, 0.25) is 0 Å². The molecule has 0 aliphatic carbocycles. The van der Waals surface area contributed by atoms with Crippen molar-refractivity contribution in [1.82, 2.24) is 9.71 Å². The van der Waals surface area contributed by atoms with Crippen LogP contribution in [0.4, 0.5) is 0 Å². The summed E-state index contributed by atoms with van der Waals surface area (Å²) in [5.41, 5.74) is 2.24. The minimum Gasteiger partial charge on any atom is -0.425 e. The lowest BCUT2D eigenvalue weighted by molar-refractivity contribution is 0.173. The number of rotatable bonds is 3. The fourth-order valence-corrected chi connectivity index (χ4v) is 2.18. The first-order valence-corrected chi connectivity index (χ1v) is 6.65. The van der Waals surface area contributed by atoms with E-state index in [1.807, 2.05) is 60.7 Å². The van der Waals surface area contributed by atoms with Gasteiger partial charge in [-0.1, -0.05) is 60.7 Å². The number of benzene rings is 2. The van der Waals surface area contributed by atoms with Gasteiger partial charge in [-0.2, -0.15) is 4.73 Å². The fraction of sp³-hybridized carbons (Fsp3) is 0.0588. The maximum absolute atomic E-state index is 12.0. The Morgan fingerprint density at radius 2 is 1.57 bits per heavy atom. The predicted octanol–water partition coefficient (Wildman–Crippen LogP) is 2.74. The summed E-state index contributed by atoms with van der Waals surface area (Å²) >= 11 is 0.